The molecule has 0 saturated carbocycles. The Kier molecular flexibility index (Phi) is 9.85. The van der Waals surface area contributed by atoms with Crippen LogP contribution in [0.15, 0.2) is 17.2 Å². The first-order valence-corrected chi connectivity index (χ1v) is 16.8. The summed E-state index contributed by atoms with van der Waals surface area (Å²) in [5.74, 6) is 3.46. The van der Waals surface area contributed by atoms with Crippen molar-refractivity contribution in [3.63, 3.8) is 0 Å². The summed E-state index contributed by atoms with van der Waals surface area (Å²) in [7, 11) is -2.11. The Morgan fingerprint density at radius 1 is 1.09 bits per heavy atom. The van der Waals surface area contributed by atoms with Crippen molar-refractivity contribution < 1.29 is 27.4 Å². The second kappa shape index (κ2) is 13.0. The summed E-state index contributed by atoms with van der Waals surface area (Å²) < 4.78 is 50.3. The number of halogens is 3. The molecule has 234 valence electrons. The Morgan fingerprint density at radius 2 is 1.70 bits per heavy atom. The highest BCUT2D eigenvalue weighted by atomic mass is 28.3. The standard InChI is InChI=1S/C29H39F3N6O4Si/c1-18(2)43(19(3)4,20(5)6)14-8-22-26-25(35-36-27(22)40)23(7-13-41-26)42-17-24(39)37-9-11-38(12-10-37)28-33-15-21(16-34-28)29(30,31)32/h15-16,18-20,23H,7,9-13,17H2,1-6H3,(H,36,40). The molecule has 1 amide bonds. The van der Waals surface area contributed by atoms with Crippen LogP contribution < -0.4 is 15.2 Å². The number of anilines is 1. The number of rotatable bonds is 7. The van der Waals surface area contributed by atoms with E-state index in [4.69, 9.17) is 9.47 Å². The molecule has 2 aromatic heterocycles. The van der Waals surface area contributed by atoms with E-state index < -0.39 is 31.5 Å². The fraction of sp³-hybridized carbons (Fsp3) is 0.621. The molecule has 0 radical (unpaired) electrons. The lowest BCUT2D eigenvalue weighted by atomic mass is 10.1. The number of carbonyl (C=O) groups excluding carboxylic acids is 1. The minimum Gasteiger partial charge on any atom is -0.490 e. The van der Waals surface area contributed by atoms with Crippen molar-refractivity contribution in [2.75, 3.05) is 44.3 Å². The lowest BCUT2D eigenvalue weighted by Crippen LogP contribution is -2.50. The number of amides is 1. The zero-order chi connectivity index (χ0) is 31.5. The monoisotopic (exact) mass is 620 g/mol. The fourth-order valence-electron chi connectivity index (χ4n) is 6.15. The number of hydrogen-bond acceptors (Lipinski definition) is 8. The molecule has 14 heteroatoms. The van der Waals surface area contributed by atoms with E-state index in [0.29, 0.717) is 67.3 Å². The van der Waals surface area contributed by atoms with Gasteiger partial charge in [-0.2, -0.15) is 18.3 Å². The van der Waals surface area contributed by atoms with Crippen LogP contribution >= 0.6 is 0 Å². The molecule has 4 heterocycles. The highest BCUT2D eigenvalue weighted by Gasteiger charge is 2.42. The third-order valence-electron chi connectivity index (χ3n) is 8.45. The summed E-state index contributed by atoms with van der Waals surface area (Å²) in [6.45, 7) is 14.7. The molecule has 0 aromatic carbocycles. The summed E-state index contributed by atoms with van der Waals surface area (Å²) in [6.07, 6.45) is -3.09. The molecule has 1 atom stereocenters. The van der Waals surface area contributed by atoms with E-state index in [0.717, 1.165) is 12.4 Å². The van der Waals surface area contributed by atoms with Gasteiger partial charge in [0.15, 0.2) is 5.75 Å². The highest BCUT2D eigenvalue weighted by Crippen LogP contribution is 2.41. The number of H-pyrrole nitrogens is 1. The van der Waals surface area contributed by atoms with Gasteiger partial charge in [0.1, 0.15) is 32.0 Å². The average molecular weight is 621 g/mol. The Bertz CT molecular complexity index is 1390. The van der Waals surface area contributed by atoms with Gasteiger partial charge in [-0.05, 0) is 16.6 Å². The van der Waals surface area contributed by atoms with Crippen LogP contribution in [0, 0.1) is 11.5 Å². The van der Waals surface area contributed by atoms with Gasteiger partial charge in [-0.15, -0.1) is 5.54 Å². The molecule has 4 rings (SSSR count). The summed E-state index contributed by atoms with van der Waals surface area (Å²) in [5, 5.41) is 6.74. The SMILES string of the molecule is CC(C)[Si](C#Cc1c2c(n[nH]c1=O)C(OCC(=O)N1CCN(c3ncc(C(F)(F)F)cn3)CC1)CCO2)(C(C)C)C(C)C. The maximum atomic E-state index is 13.0. The number of hydrogen-bond donors (Lipinski definition) is 1. The smallest absolute Gasteiger partial charge is 0.419 e. The first kappa shape index (κ1) is 32.5. The molecule has 0 aliphatic carbocycles. The van der Waals surface area contributed by atoms with E-state index in [9.17, 15) is 22.8 Å². The quantitative estimate of drug-likeness (QED) is 0.360. The van der Waals surface area contributed by atoms with Gasteiger partial charge in [0.2, 0.25) is 11.9 Å². The molecule has 2 aromatic rings. The maximum Gasteiger partial charge on any atom is 0.419 e. The third kappa shape index (κ3) is 6.88. The summed E-state index contributed by atoms with van der Waals surface area (Å²) >= 11 is 0. The Morgan fingerprint density at radius 3 is 2.26 bits per heavy atom. The van der Waals surface area contributed by atoms with Crippen molar-refractivity contribution >= 4 is 19.9 Å². The van der Waals surface area contributed by atoms with Crippen molar-refractivity contribution in [1.82, 2.24) is 25.1 Å². The predicted octanol–water partition coefficient (Wildman–Crippen LogP) is 4.34. The van der Waals surface area contributed by atoms with Crippen LogP contribution in [0.2, 0.25) is 16.6 Å². The van der Waals surface area contributed by atoms with E-state index in [1.807, 2.05) is 0 Å². The first-order valence-electron chi connectivity index (χ1n) is 14.6. The third-order valence-corrected chi connectivity index (χ3v) is 14.7. The van der Waals surface area contributed by atoms with Crippen LogP contribution in [-0.4, -0.2) is 78.4 Å². The van der Waals surface area contributed by atoms with E-state index in [1.54, 1.807) is 9.80 Å². The van der Waals surface area contributed by atoms with Crippen molar-refractivity contribution in [2.24, 2.45) is 0 Å². The summed E-state index contributed by atoms with van der Waals surface area (Å²) in [6, 6.07) is 0. The number of piperazine rings is 1. The molecule has 1 N–H and O–H groups in total. The normalized spacial score (nSPS) is 17.5. The van der Waals surface area contributed by atoms with E-state index in [1.165, 1.54) is 0 Å². The van der Waals surface area contributed by atoms with Gasteiger partial charge in [-0.1, -0.05) is 47.5 Å². The van der Waals surface area contributed by atoms with Crippen LogP contribution in [0.25, 0.3) is 0 Å². The van der Waals surface area contributed by atoms with Crippen molar-refractivity contribution in [1.29, 1.82) is 0 Å². The minimum atomic E-state index is -4.50. The second-order valence-electron chi connectivity index (χ2n) is 11.9. The number of aromatic nitrogens is 4. The second-order valence-corrected chi connectivity index (χ2v) is 17.4. The van der Waals surface area contributed by atoms with Gasteiger partial charge in [-0.25, -0.2) is 15.1 Å². The topological polar surface area (TPSA) is 114 Å². The number of ether oxygens (including phenoxy) is 2. The van der Waals surface area contributed by atoms with E-state index >= 15 is 0 Å². The van der Waals surface area contributed by atoms with Gasteiger partial charge >= 0.3 is 6.18 Å². The number of carbonyl (C=O) groups is 1. The van der Waals surface area contributed by atoms with Gasteiger partial charge in [0.05, 0.1) is 12.2 Å². The van der Waals surface area contributed by atoms with Crippen LogP contribution in [0.4, 0.5) is 19.1 Å². The molecule has 2 aliphatic rings. The fourth-order valence-corrected chi connectivity index (χ4v) is 11.4. The molecular weight excluding hydrogens is 581 g/mol. The summed E-state index contributed by atoms with van der Waals surface area (Å²) in [4.78, 5) is 36.9. The van der Waals surface area contributed by atoms with E-state index in [2.05, 4.69) is 73.2 Å². The highest BCUT2D eigenvalue weighted by molar-refractivity contribution is 6.90. The molecule has 0 bridgehead atoms. The van der Waals surface area contributed by atoms with Crippen molar-refractivity contribution in [3.05, 3.63) is 39.6 Å². The van der Waals surface area contributed by atoms with Crippen LogP contribution in [0.3, 0.4) is 0 Å². The van der Waals surface area contributed by atoms with Crippen molar-refractivity contribution in [2.45, 2.75) is 76.9 Å². The molecule has 43 heavy (non-hydrogen) atoms. The zero-order valence-electron chi connectivity index (χ0n) is 25.4. The molecule has 1 fully saturated rings. The Labute approximate surface area is 250 Å². The van der Waals surface area contributed by atoms with Crippen molar-refractivity contribution in [3.8, 4) is 17.2 Å². The van der Waals surface area contributed by atoms with Gasteiger partial charge in [0.25, 0.3) is 5.56 Å². The average Bonchev–Trinajstić information content (AvgIpc) is 2.96. The Balaban J connectivity index is 1.42. The van der Waals surface area contributed by atoms with Crippen LogP contribution in [-0.2, 0) is 15.7 Å². The number of nitrogens with one attached hydrogen (secondary N) is 1. The van der Waals surface area contributed by atoms with Crippen LogP contribution in [0.1, 0.15) is 70.9 Å². The molecule has 1 unspecified atom stereocenters. The number of nitrogens with zero attached hydrogens (tertiary/aromatic N) is 5. The van der Waals surface area contributed by atoms with Gasteiger partial charge in [0, 0.05) is 45.0 Å². The molecular formula is C29H39F3N6O4Si. The lowest BCUT2D eigenvalue weighted by molar-refractivity contribution is -0.139. The minimum absolute atomic E-state index is 0.184. The summed E-state index contributed by atoms with van der Waals surface area (Å²) in [5.41, 5.74) is 4.07. The molecule has 2 aliphatic heterocycles. The van der Waals surface area contributed by atoms with Crippen LogP contribution in [0.5, 0.6) is 5.75 Å². The van der Waals surface area contributed by atoms with Gasteiger partial charge in [-0.3, -0.25) is 9.59 Å². The molecule has 0 spiro atoms. The number of fused-ring (bicyclic) bond motifs is 1. The number of alkyl halides is 3. The maximum absolute atomic E-state index is 13.0. The Hall–Kier alpha value is -3.44. The molecule has 10 nitrogen and oxygen atoms in total. The predicted molar refractivity (Wildman–Crippen MR) is 157 cm³/mol. The first-order chi connectivity index (χ1) is 20.3. The largest absolute Gasteiger partial charge is 0.490 e. The van der Waals surface area contributed by atoms with E-state index in [-0.39, 0.29) is 24.0 Å². The number of aromatic amines is 1. The lowest BCUT2D eigenvalue weighted by Gasteiger charge is -2.38. The zero-order valence-corrected chi connectivity index (χ0v) is 26.4. The molecule has 1 saturated heterocycles. The van der Waals surface area contributed by atoms with Gasteiger partial charge < -0.3 is 19.3 Å².